The lowest BCUT2D eigenvalue weighted by Crippen LogP contribution is -2.59. The standard InChI is InChI=1S/C17H36N2O2/c1-6-20-13-11-19(12-14-21-7-2)15-9-8-10-17(3,4)16(15)18-5/h15-16,18H,6-14H2,1-5H3. The monoisotopic (exact) mass is 300 g/mol. The maximum atomic E-state index is 5.58. The van der Waals surface area contributed by atoms with E-state index in [1.807, 2.05) is 0 Å². The average Bonchev–Trinajstić information content (AvgIpc) is 2.45. The van der Waals surface area contributed by atoms with Crippen LogP contribution in [-0.2, 0) is 9.47 Å². The van der Waals surface area contributed by atoms with Crippen molar-refractivity contribution < 1.29 is 9.47 Å². The minimum absolute atomic E-state index is 0.354. The molecule has 0 saturated heterocycles. The fourth-order valence-corrected chi connectivity index (χ4v) is 3.68. The van der Waals surface area contributed by atoms with Crippen molar-refractivity contribution in [1.82, 2.24) is 10.2 Å². The smallest absolute Gasteiger partial charge is 0.0593 e. The van der Waals surface area contributed by atoms with Gasteiger partial charge in [0.2, 0.25) is 0 Å². The van der Waals surface area contributed by atoms with Gasteiger partial charge in [0.1, 0.15) is 0 Å². The molecule has 1 aliphatic carbocycles. The van der Waals surface area contributed by atoms with Crippen molar-refractivity contribution in [2.45, 2.75) is 59.0 Å². The van der Waals surface area contributed by atoms with E-state index < -0.39 is 0 Å². The zero-order chi connectivity index (χ0) is 15.7. The van der Waals surface area contributed by atoms with Crippen LogP contribution in [0.5, 0.6) is 0 Å². The van der Waals surface area contributed by atoms with Gasteiger partial charge in [-0.05, 0) is 39.2 Å². The van der Waals surface area contributed by atoms with Crippen LogP contribution in [0.4, 0.5) is 0 Å². The molecule has 1 fully saturated rings. The summed E-state index contributed by atoms with van der Waals surface area (Å²) >= 11 is 0. The fourth-order valence-electron chi connectivity index (χ4n) is 3.68. The van der Waals surface area contributed by atoms with Crippen LogP contribution in [0.15, 0.2) is 0 Å². The van der Waals surface area contributed by atoms with Gasteiger partial charge in [-0.2, -0.15) is 0 Å². The molecule has 1 rings (SSSR count). The molecule has 4 heteroatoms. The van der Waals surface area contributed by atoms with Crippen molar-refractivity contribution in [3.63, 3.8) is 0 Å². The fraction of sp³-hybridized carbons (Fsp3) is 1.00. The van der Waals surface area contributed by atoms with Gasteiger partial charge < -0.3 is 14.8 Å². The normalized spacial score (nSPS) is 25.4. The van der Waals surface area contributed by atoms with Gasteiger partial charge in [0, 0.05) is 38.4 Å². The summed E-state index contributed by atoms with van der Waals surface area (Å²) in [4.78, 5) is 2.58. The molecule has 1 saturated carbocycles. The van der Waals surface area contributed by atoms with Crippen molar-refractivity contribution in [3.8, 4) is 0 Å². The predicted molar refractivity (Wildman–Crippen MR) is 88.8 cm³/mol. The Balaban J connectivity index is 2.68. The van der Waals surface area contributed by atoms with Gasteiger partial charge in [-0.25, -0.2) is 0 Å². The first-order valence-corrected chi connectivity index (χ1v) is 8.63. The first-order valence-electron chi connectivity index (χ1n) is 8.63. The van der Waals surface area contributed by atoms with Gasteiger partial charge in [-0.3, -0.25) is 4.90 Å². The summed E-state index contributed by atoms with van der Waals surface area (Å²) in [5.41, 5.74) is 0.354. The Hall–Kier alpha value is -0.160. The zero-order valence-electron chi connectivity index (χ0n) is 14.8. The highest BCUT2D eigenvalue weighted by Crippen LogP contribution is 2.37. The van der Waals surface area contributed by atoms with E-state index >= 15 is 0 Å². The van der Waals surface area contributed by atoms with Crippen LogP contribution >= 0.6 is 0 Å². The van der Waals surface area contributed by atoms with Crippen LogP contribution in [0.25, 0.3) is 0 Å². The topological polar surface area (TPSA) is 33.7 Å². The molecule has 0 amide bonds. The Labute approximate surface area is 131 Å². The van der Waals surface area contributed by atoms with Crippen molar-refractivity contribution >= 4 is 0 Å². The summed E-state index contributed by atoms with van der Waals surface area (Å²) < 4.78 is 11.2. The van der Waals surface area contributed by atoms with Crippen molar-refractivity contribution in [2.75, 3.05) is 46.6 Å². The lowest BCUT2D eigenvalue weighted by atomic mass is 9.70. The number of ether oxygens (including phenoxy) is 2. The third-order valence-corrected chi connectivity index (χ3v) is 4.78. The number of nitrogens with one attached hydrogen (secondary N) is 1. The lowest BCUT2D eigenvalue weighted by molar-refractivity contribution is 0.0129. The van der Waals surface area contributed by atoms with E-state index in [0.29, 0.717) is 17.5 Å². The second-order valence-corrected chi connectivity index (χ2v) is 6.64. The number of rotatable bonds is 10. The second-order valence-electron chi connectivity index (χ2n) is 6.64. The molecule has 0 aromatic rings. The maximum absolute atomic E-state index is 5.58. The Kier molecular flexibility index (Phi) is 8.79. The molecule has 4 nitrogen and oxygen atoms in total. The molecular formula is C17H36N2O2. The Morgan fingerprint density at radius 1 is 1.10 bits per heavy atom. The van der Waals surface area contributed by atoms with E-state index in [1.54, 1.807) is 0 Å². The van der Waals surface area contributed by atoms with Crippen molar-refractivity contribution in [3.05, 3.63) is 0 Å². The van der Waals surface area contributed by atoms with E-state index in [-0.39, 0.29) is 0 Å². The van der Waals surface area contributed by atoms with Crippen LogP contribution in [0.3, 0.4) is 0 Å². The largest absolute Gasteiger partial charge is 0.380 e. The van der Waals surface area contributed by atoms with Gasteiger partial charge in [0.15, 0.2) is 0 Å². The molecule has 2 atom stereocenters. The quantitative estimate of drug-likeness (QED) is 0.629. The predicted octanol–water partition coefficient (Wildman–Crippen LogP) is 2.53. The highest BCUT2D eigenvalue weighted by Gasteiger charge is 2.40. The molecular weight excluding hydrogens is 264 g/mol. The van der Waals surface area contributed by atoms with Crippen LogP contribution in [-0.4, -0.2) is 63.5 Å². The Morgan fingerprint density at radius 3 is 2.14 bits per heavy atom. The second kappa shape index (κ2) is 9.78. The highest BCUT2D eigenvalue weighted by molar-refractivity contribution is 4.97. The average molecular weight is 300 g/mol. The van der Waals surface area contributed by atoms with Gasteiger partial charge in [0.25, 0.3) is 0 Å². The summed E-state index contributed by atoms with van der Waals surface area (Å²) in [6.45, 7) is 14.1. The summed E-state index contributed by atoms with van der Waals surface area (Å²) in [5.74, 6) is 0. The minimum atomic E-state index is 0.354. The lowest BCUT2D eigenvalue weighted by Gasteiger charge is -2.48. The van der Waals surface area contributed by atoms with Crippen LogP contribution in [0.2, 0.25) is 0 Å². The van der Waals surface area contributed by atoms with E-state index in [0.717, 1.165) is 39.5 Å². The molecule has 0 bridgehead atoms. The van der Waals surface area contributed by atoms with Gasteiger partial charge in [-0.15, -0.1) is 0 Å². The van der Waals surface area contributed by atoms with E-state index in [4.69, 9.17) is 9.47 Å². The van der Waals surface area contributed by atoms with Crippen LogP contribution < -0.4 is 5.32 Å². The molecule has 0 aliphatic heterocycles. The molecule has 2 unspecified atom stereocenters. The highest BCUT2D eigenvalue weighted by atomic mass is 16.5. The zero-order valence-corrected chi connectivity index (χ0v) is 14.8. The SMILES string of the molecule is CCOCCN(CCOCC)C1CCCC(C)(C)C1NC. The maximum Gasteiger partial charge on any atom is 0.0593 e. The molecule has 0 radical (unpaired) electrons. The van der Waals surface area contributed by atoms with Crippen molar-refractivity contribution in [2.24, 2.45) is 5.41 Å². The van der Waals surface area contributed by atoms with Gasteiger partial charge in [-0.1, -0.05) is 20.3 Å². The van der Waals surface area contributed by atoms with Gasteiger partial charge in [0.05, 0.1) is 13.2 Å². The first-order chi connectivity index (χ1) is 10.1. The van der Waals surface area contributed by atoms with Gasteiger partial charge >= 0.3 is 0 Å². The Bertz CT molecular complexity index is 262. The summed E-state index contributed by atoms with van der Waals surface area (Å²) in [6, 6.07) is 1.12. The molecule has 1 N–H and O–H groups in total. The summed E-state index contributed by atoms with van der Waals surface area (Å²) in [7, 11) is 2.11. The first kappa shape index (κ1) is 18.9. The van der Waals surface area contributed by atoms with Crippen molar-refractivity contribution in [1.29, 1.82) is 0 Å². The molecule has 0 spiro atoms. The number of hydrogen-bond donors (Lipinski definition) is 1. The summed E-state index contributed by atoms with van der Waals surface area (Å²) in [5, 5.41) is 3.58. The molecule has 0 aromatic heterocycles. The van der Waals surface area contributed by atoms with E-state index in [9.17, 15) is 0 Å². The number of nitrogens with zero attached hydrogens (tertiary/aromatic N) is 1. The molecule has 126 valence electrons. The van der Waals surface area contributed by atoms with E-state index in [1.165, 1.54) is 19.3 Å². The minimum Gasteiger partial charge on any atom is -0.380 e. The molecule has 0 heterocycles. The third-order valence-electron chi connectivity index (χ3n) is 4.78. The molecule has 21 heavy (non-hydrogen) atoms. The molecule has 0 aromatic carbocycles. The van der Waals surface area contributed by atoms with Crippen LogP contribution in [0, 0.1) is 5.41 Å². The number of likely N-dealkylation sites (N-methyl/N-ethyl adjacent to an activating group) is 1. The van der Waals surface area contributed by atoms with Crippen LogP contribution in [0.1, 0.15) is 47.0 Å². The number of hydrogen-bond acceptors (Lipinski definition) is 4. The third kappa shape index (κ3) is 5.85. The van der Waals surface area contributed by atoms with E-state index in [2.05, 4.69) is 45.0 Å². The molecule has 1 aliphatic rings. The summed E-state index contributed by atoms with van der Waals surface area (Å²) in [6.07, 6.45) is 3.89. The Morgan fingerprint density at radius 2 is 1.67 bits per heavy atom.